The maximum atomic E-state index is 14.1. The molecular formula is C29H26N4O5S. The summed E-state index contributed by atoms with van der Waals surface area (Å²) in [5.74, 6) is 0.866. The number of sulfonamides is 1. The van der Waals surface area contributed by atoms with Gasteiger partial charge in [0.05, 0.1) is 16.9 Å². The third-order valence-electron chi connectivity index (χ3n) is 6.48. The maximum absolute atomic E-state index is 14.1. The summed E-state index contributed by atoms with van der Waals surface area (Å²) in [5.41, 5.74) is 2.93. The van der Waals surface area contributed by atoms with Gasteiger partial charge in [0.15, 0.2) is 12.0 Å². The number of para-hydroxylation sites is 1. The summed E-state index contributed by atoms with van der Waals surface area (Å²) in [6, 6.07) is 29.4. The molecule has 0 aliphatic carbocycles. The van der Waals surface area contributed by atoms with Crippen LogP contribution in [0.5, 0.6) is 5.75 Å². The van der Waals surface area contributed by atoms with E-state index in [9.17, 15) is 18.5 Å². The standard InChI is InChI=1S/C29H26N4O5S/c1-21-12-18-25(19-13-21)39(36,37)32-29(26-10-6-7-11-27(26)38-2)31(20-22-8-4-3-5-9-22)28(30-32)23-14-16-24(17-15-23)33(34)35/h3-19,29H,20H2,1-2H3. The van der Waals surface area contributed by atoms with Crippen molar-refractivity contribution in [2.75, 3.05) is 7.11 Å². The van der Waals surface area contributed by atoms with Crippen molar-refractivity contribution in [1.82, 2.24) is 9.31 Å². The minimum Gasteiger partial charge on any atom is -0.496 e. The summed E-state index contributed by atoms with van der Waals surface area (Å²) in [6.45, 7) is 2.20. The molecule has 1 aliphatic rings. The fraction of sp³-hybridized carbons (Fsp3) is 0.138. The highest BCUT2D eigenvalue weighted by Gasteiger charge is 2.44. The van der Waals surface area contributed by atoms with Gasteiger partial charge in [-0.15, -0.1) is 5.10 Å². The molecule has 4 aromatic rings. The largest absolute Gasteiger partial charge is 0.496 e. The van der Waals surface area contributed by atoms with Crippen LogP contribution in [-0.2, 0) is 16.6 Å². The van der Waals surface area contributed by atoms with Crippen LogP contribution in [0, 0.1) is 17.0 Å². The first-order valence-corrected chi connectivity index (χ1v) is 13.6. The maximum Gasteiger partial charge on any atom is 0.281 e. The minimum absolute atomic E-state index is 0.0719. The zero-order valence-electron chi connectivity index (χ0n) is 21.3. The first kappa shape index (κ1) is 25.9. The number of hydrogen-bond donors (Lipinski definition) is 0. The van der Waals surface area contributed by atoms with Gasteiger partial charge in [0.2, 0.25) is 0 Å². The molecule has 0 saturated heterocycles. The van der Waals surface area contributed by atoms with E-state index in [1.807, 2.05) is 60.4 Å². The number of nitrogens with zero attached hydrogens (tertiary/aromatic N) is 4. The van der Waals surface area contributed by atoms with Crippen molar-refractivity contribution in [3.05, 3.63) is 135 Å². The first-order valence-electron chi connectivity index (χ1n) is 12.2. The Hall–Kier alpha value is -4.70. The number of rotatable bonds is 8. The van der Waals surface area contributed by atoms with Gasteiger partial charge in [0, 0.05) is 29.8 Å². The Morgan fingerprint density at radius 3 is 2.18 bits per heavy atom. The van der Waals surface area contributed by atoms with Crippen molar-refractivity contribution in [2.24, 2.45) is 5.10 Å². The van der Waals surface area contributed by atoms with Crippen molar-refractivity contribution in [1.29, 1.82) is 0 Å². The molecule has 9 nitrogen and oxygen atoms in total. The highest BCUT2D eigenvalue weighted by Crippen LogP contribution is 2.41. The van der Waals surface area contributed by atoms with E-state index < -0.39 is 21.1 Å². The molecule has 1 heterocycles. The Kier molecular flexibility index (Phi) is 7.03. The summed E-state index contributed by atoms with van der Waals surface area (Å²) >= 11 is 0. The van der Waals surface area contributed by atoms with Gasteiger partial charge in [-0.05, 0) is 42.8 Å². The van der Waals surface area contributed by atoms with E-state index in [0.29, 0.717) is 29.3 Å². The number of aryl methyl sites for hydroxylation is 1. The Morgan fingerprint density at radius 2 is 1.54 bits per heavy atom. The van der Waals surface area contributed by atoms with Crippen LogP contribution in [0.25, 0.3) is 0 Å². The molecule has 10 heteroatoms. The lowest BCUT2D eigenvalue weighted by Crippen LogP contribution is -2.37. The molecule has 0 radical (unpaired) electrons. The molecule has 0 fully saturated rings. The Balaban J connectivity index is 1.72. The Morgan fingerprint density at radius 1 is 0.897 bits per heavy atom. The lowest BCUT2D eigenvalue weighted by atomic mass is 10.1. The Bertz CT molecular complexity index is 1620. The van der Waals surface area contributed by atoms with Gasteiger partial charge in [0.1, 0.15) is 5.75 Å². The summed E-state index contributed by atoms with van der Waals surface area (Å²) in [5, 5.41) is 16.0. The third kappa shape index (κ3) is 5.06. The van der Waals surface area contributed by atoms with Gasteiger partial charge in [-0.2, -0.15) is 12.8 Å². The number of nitro benzene ring substituents is 1. The van der Waals surface area contributed by atoms with Crippen LogP contribution < -0.4 is 4.74 Å². The number of methoxy groups -OCH3 is 1. The fourth-order valence-electron chi connectivity index (χ4n) is 4.51. The van der Waals surface area contributed by atoms with Crippen LogP contribution in [-0.4, -0.2) is 35.6 Å². The normalized spacial score (nSPS) is 15.2. The molecule has 0 amide bonds. The van der Waals surface area contributed by atoms with Gasteiger partial charge in [0.25, 0.3) is 15.7 Å². The van der Waals surface area contributed by atoms with E-state index in [-0.39, 0.29) is 10.6 Å². The number of benzene rings is 4. The van der Waals surface area contributed by atoms with Crippen LogP contribution in [0.15, 0.2) is 113 Å². The SMILES string of the molecule is COc1ccccc1C1N(Cc2ccccc2)C(c2ccc([N+](=O)[O-])cc2)=NN1S(=O)(=O)c1ccc(C)cc1. The molecule has 0 aromatic heterocycles. The summed E-state index contributed by atoms with van der Waals surface area (Å²) < 4.78 is 35.0. The highest BCUT2D eigenvalue weighted by atomic mass is 32.2. The molecular weight excluding hydrogens is 516 g/mol. The van der Waals surface area contributed by atoms with Crippen LogP contribution in [0.2, 0.25) is 0 Å². The summed E-state index contributed by atoms with van der Waals surface area (Å²) in [7, 11) is -2.59. The van der Waals surface area contributed by atoms with Gasteiger partial charge >= 0.3 is 0 Å². The molecule has 1 unspecified atom stereocenters. The van der Waals surface area contributed by atoms with E-state index in [1.165, 1.54) is 19.2 Å². The van der Waals surface area contributed by atoms with E-state index >= 15 is 0 Å². The number of amidine groups is 1. The van der Waals surface area contributed by atoms with Crippen LogP contribution >= 0.6 is 0 Å². The number of non-ortho nitro benzene ring substituents is 1. The zero-order chi connectivity index (χ0) is 27.6. The topological polar surface area (TPSA) is 105 Å². The lowest BCUT2D eigenvalue weighted by Gasteiger charge is -2.32. The number of hydrogen-bond acceptors (Lipinski definition) is 7. The van der Waals surface area contributed by atoms with Gasteiger partial charge in [-0.1, -0.05) is 66.2 Å². The fourth-order valence-corrected chi connectivity index (χ4v) is 5.88. The third-order valence-corrected chi connectivity index (χ3v) is 8.13. The molecule has 0 spiro atoms. The molecule has 0 bridgehead atoms. The molecule has 0 N–H and O–H groups in total. The minimum atomic E-state index is -4.13. The number of ether oxygens (including phenoxy) is 1. The monoisotopic (exact) mass is 542 g/mol. The van der Waals surface area contributed by atoms with Crippen LogP contribution in [0.3, 0.4) is 0 Å². The van der Waals surface area contributed by atoms with Crippen LogP contribution in [0.4, 0.5) is 5.69 Å². The molecule has 39 heavy (non-hydrogen) atoms. The van der Waals surface area contributed by atoms with Crippen molar-refractivity contribution < 1.29 is 18.1 Å². The quantitative estimate of drug-likeness (QED) is 0.216. The van der Waals surface area contributed by atoms with E-state index in [4.69, 9.17) is 4.74 Å². The lowest BCUT2D eigenvalue weighted by molar-refractivity contribution is -0.384. The molecule has 5 rings (SSSR count). The number of hydrazone groups is 1. The zero-order valence-corrected chi connectivity index (χ0v) is 22.2. The average Bonchev–Trinajstić information content (AvgIpc) is 3.33. The summed E-state index contributed by atoms with van der Waals surface area (Å²) in [6.07, 6.45) is -0.891. The van der Waals surface area contributed by atoms with Crippen molar-refractivity contribution in [3.63, 3.8) is 0 Å². The second kappa shape index (κ2) is 10.6. The van der Waals surface area contributed by atoms with Crippen molar-refractivity contribution in [2.45, 2.75) is 24.5 Å². The van der Waals surface area contributed by atoms with Crippen molar-refractivity contribution >= 4 is 21.5 Å². The summed E-state index contributed by atoms with van der Waals surface area (Å²) in [4.78, 5) is 12.8. The molecule has 198 valence electrons. The molecule has 4 aromatic carbocycles. The average molecular weight is 543 g/mol. The van der Waals surface area contributed by atoms with Crippen molar-refractivity contribution in [3.8, 4) is 5.75 Å². The van der Waals surface area contributed by atoms with Gasteiger partial charge in [-0.3, -0.25) is 10.1 Å². The smallest absolute Gasteiger partial charge is 0.281 e. The van der Waals surface area contributed by atoms with Gasteiger partial charge in [-0.25, -0.2) is 0 Å². The first-order chi connectivity index (χ1) is 18.8. The van der Waals surface area contributed by atoms with E-state index in [1.54, 1.807) is 42.5 Å². The predicted molar refractivity (Wildman–Crippen MR) is 148 cm³/mol. The predicted octanol–water partition coefficient (Wildman–Crippen LogP) is 5.48. The second-order valence-corrected chi connectivity index (χ2v) is 10.8. The molecule has 0 saturated carbocycles. The van der Waals surface area contributed by atoms with Crippen LogP contribution in [0.1, 0.15) is 28.4 Å². The van der Waals surface area contributed by atoms with E-state index in [2.05, 4.69) is 5.10 Å². The Labute approximate surface area is 226 Å². The molecule has 1 atom stereocenters. The molecule has 1 aliphatic heterocycles. The second-order valence-electron chi connectivity index (χ2n) is 9.05. The highest BCUT2D eigenvalue weighted by molar-refractivity contribution is 7.89. The van der Waals surface area contributed by atoms with Gasteiger partial charge < -0.3 is 9.64 Å². The number of nitro groups is 1. The van der Waals surface area contributed by atoms with E-state index in [0.717, 1.165) is 15.5 Å².